The van der Waals surface area contributed by atoms with Gasteiger partial charge in [0.05, 0.1) is 0 Å². The van der Waals surface area contributed by atoms with Gasteiger partial charge < -0.3 is 0 Å². The average molecular weight is 246 g/mol. The van der Waals surface area contributed by atoms with E-state index in [4.69, 9.17) is 0 Å². The van der Waals surface area contributed by atoms with Gasteiger partial charge in [-0.3, -0.25) is 0 Å². The number of rotatable bonds is 1. The molecule has 2 rings (SSSR count). The molecule has 1 aliphatic heterocycles. The summed E-state index contributed by atoms with van der Waals surface area (Å²) >= 11 is -0.929. The fraction of sp³-hybridized carbons (Fsp3) is 0.385. The Morgan fingerprint density at radius 3 is 1.93 bits per heavy atom. The molecule has 1 heterocycles. The quantitative estimate of drug-likeness (QED) is 0.527. The molecule has 0 bridgehead atoms. The summed E-state index contributed by atoms with van der Waals surface area (Å²) < 4.78 is 1.75. The van der Waals surface area contributed by atoms with E-state index in [2.05, 4.69) is 45.1 Å². The van der Waals surface area contributed by atoms with E-state index in [9.17, 15) is 0 Å². The van der Waals surface area contributed by atoms with Crippen molar-refractivity contribution in [3.63, 3.8) is 0 Å². The van der Waals surface area contributed by atoms with Gasteiger partial charge in [0.25, 0.3) is 0 Å². The molecule has 1 aromatic carbocycles. The molecule has 0 fully saturated rings. The summed E-state index contributed by atoms with van der Waals surface area (Å²) in [4.78, 5) is 0. The molecule has 1 radical (unpaired) electrons. The predicted octanol–water partition coefficient (Wildman–Crippen LogP) is 2.88. The van der Waals surface area contributed by atoms with Crippen LogP contribution in [0.2, 0.25) is 10.5 Å². The second-order valence-corrected chi connectivity index (χ2v) is 9.55. The average Bonchev–Trinajstić information content (AvgIpc) is 2.54. The number of aryl methyl sites for hydroxylation is 3. The van der Waals surface area contributed by atoms with Crippen molar-refractivity contribution in [2.75, 3.05) is 0 Å². The molecule has 14 heavy (non-hydrogen) atoms. The Hall–Kier alpha value is -0.497. The molecule has 73 valence electrons. The summed E-state index contributed by atoms with van der Waals surface area (Å²) in [5.41, 5.74) is 4.50. The van der Waals surface area contributed by atoms with Crippen LogP contribution in [0.3, 0.4) is 0 Å². The zero-order valence-electron chi connectivity index (χ0n) is 9.22. The van der Waals surface area contributed by atoms with Gasteiger partial charge in [0, 0.05) is 0 Å². The summed E-state index contributed by atoms with van der Waals surface area (Å²) in [7, 11) is 0. The number of allylic oxidation sites excluding steroid dienone is 2. The van der Waals surface area contributed by atoms with Crippen molar-refractivity contribution in [1.29, 1.82) is 0 Å². The Balaban J connectivity index is 2.41. The first-order valence-electron chi connectivity index (χ1n) is 5.26. The fourth-order valence-corrected chi connectivity index (χ4v) is 8.22. The van der Waals surface area contributed by atoms with Crippen LogP contribution in [0.4, 0.5) is 0 Å². The van der Waals surface area contributed by atoms with Crippen LogP contribution in [0.5, 0.6) is 0 Å². The van der Waals surface area contributed by atoms with Crippen LogP contribution in [0.25, 0.3) is 0 Å². The molecule has 0 atom stereocenters. The van der Waals surface area contributed by atoms with Gasteiger partial charge in [-0.2, -0.15) is 0 Å². The molecule has 1 heteroatoms. The normalized spacial score (nSPS) is 16.5. The van der Waals surface area contributed by atoms with E-state index in [1.165, 1.54) is 16.1 Å². The Kier molecular flexibility index (Phi) is 2.82. The van der Waals surface area contributed by atoms with E-state index >= 15 is 0 Å². The minimum absolute atomic E-state index is 0.929. The van der Waals surface area contributed by atoms with Gasteiger partial charge >= 0.3 is 91.0 Å². The number of hydrogen-bond acceptors (Lipinski definition) is 0. The third-order valence-corrected chi connectivity index (χ3v) is 9.12. The van der Waals surface area contributed by atoms with Gasteiger partial charge in [0.2, 0.25) is 0 Å². The van der Waals surface area contributed by atoms with Crippen molar-refractivity contribution in [3.8, 4) is 0 Å². The van der Waals surface area contributed by atoms with Crippen LogP contribution in [-0.2, 0) is 0 Å². The molecule has 0 spiro atoms. The van der Waals surface area contributed by atoms with Crippen LogP contribution >= 0.6 is 0 Å². The Morgan fingerprint density at radius 2 is 1.43 bits per heavy atom. The topological polar surface area (TPSA) is 0 Å². The molecule has 0 saturated carbocycles. The van der Waals surface area contributed by atoms with Crippen molar-refractivity contribution in [2.24, 2.45) is 0 Å². The van der Waals surface area contributed by atoms with Gasteiger partial charge in [0.1, 0.15) is 0 Å². The third-order valence-electron chi connectivity index (χ3n) is 2.93. The zero-order valence-corrected chi connectivity index (χ0v) is 11.3. The monoisotopic (exact) mass is 247 g/mol. The first-order chi connectivity index (χ1) is 6.68. The Labute approximate surface area is 91.1 Å². The van der Waals surface area contributed by atoms with Crippen molar-refractivity contribution >= 4 is 18.7 Å². The first-order valence-corrected chi connectivity index (χ1v) is 9.28. The van der Waals surface area contributed by atoms with Crippen molar-refractivity contribution in [2.45, 2.75) is 31.3 Å². The molecule has 0 N–H and O–H groups in total. The van der Waals surface area contributed by atoms with Crippen LogP contribution < -0.4 is 4.40 Å². The molecule has 0 aliphatic carbocycles. The minimum atomic E-state index is -0.929. The van der Waals surface area contributed by atoms with E-state index in [0.29, 0.717) is 0 Å². The summed E-state index contributed by atoms with van der Waals surface area (Å²) in [6.45, 7) is 6.77. The maximum atomic E-state index is 2.38. The van der Waals surface area contributed by atoms with Crippen LogP contribution in [0.1, 0.15) is 16.7 Å². The second-order valence-electron chi connectivity index (χ2n) is 4.26. The van der Waals surface area contributed by atoms with Crippen molar-refractivity contribution in [1.82, 2.24) is 0 Å². The second kappa shape index (κ2) is 3.94. The maximum absolute atomic E-state index is 2.38. The van der Waals surface area contributed by atoms with E-state index in [0.717, 1.165) is 0 Å². The van der Waals surface area contributed by atoms with E-state index in [-0.39, 0.29) is 0 Å². The summed E-state index contributed by atoms with van der Waals surface area (Å²) in [5.74, 6) is 0. The van der Waals surface area contributed by atoms with Crippen LogP contribution in [-0.4, -0.2) is 14.3 Å². The molecule has 1 aromatic rings. The summed E-state index contributed by atoms with van der Waals surface area (Å²) in [6, 6.07) is 4.70. The van der Waals surface area contributed by atoms with E-state index < -0.39 is 14.3 Å². The van der Waals surface area contributed by atoms with Crippen LogP contribution in [0, 0.1) is 20.8 Å². The third kappa shape index (κ3) is 1.81. The van der Waals surface area contributed by atoms with Crippen molar-refractivity contribution in [3.05, 3.63) is 41.0 Å². The Morgan fingerprint density at radius 1 is 0.929 bits per heavy atom. The van der Waals surface area contributed by atoms with E-state index in [1.54, 1.807) is 15.5 Å². The van der Waals surface area contributed by atoms with Crippen molar-refractivity contribution < 1.29 is 0 Å². The standard InChI is InChI=1S/C13H17Ge/c1-10-8-11(2)13(12(3)9-10)14-6-4-5-7-14/h4-5,8-9H,6-7H2,1-3H3. The molecule has 1 aliphatic rings. The molecular formula is C13H17Ge. The van der Waals surface area contributed by atoms with Gasteiger partial charge in [-0.25, -0.2) is 0 Å². The summed E-state index contributed by atoms with van der Waals surface area (Å²) in [6.07, 6.45) is 4.77. The zero-order chi connectivity index (χ0) is 10.1. The summed E-state index contributed by atoms with van der Waals surface area (Å²) in [5, 5.41) is 2.79. The molecule has 0 nitrogen and oxygen atoms in total. The van der Waals surface area contributed by atoms with Gasteiger partial charge in [-0.15, -0.1) is 0 Å². The molecule has 0 saturated heterocycles. The first kappa shape index (κ1) is 10.0. The molecule has 0 unspecified atom stereocenters. The van der Waals surface area contributed by atoms with Crippen LogP contribution in [0.15, 0.2) is 24.3 Å². The fourth-order valence-electron chi connectivity index (χ4n) is 2.48. The van der Waals surface area contributed by atoms with Gasteiger partial charge in [-0.1, -0.05) is 0 Å². The Bertz CT molecular complexity index is 346. The predicted molar refractivity (Wildman–Crippen MR) is 64.8 cm³/mol. The molecular weight excluding hydrogens is 229 g/mol. The van der Waals surface area contributed by atoms with Gasteiger partial charge in [-0.05, 0) is 0 Å². The molecule has 0 amide bonds. The SMILES string of the molecule is Cc1cc(C)[c]([Ge]2[CH2]C=C[CH2]2)c(C)c1. The van der Waals surface area contributed by atoms with E-state index in [1.807, 2.05) is 0 Å². The number of benzene rings is 1. The number of hydrogen-bond donors (Lipinski definition) is 0. The molecule has 0 aromatic heterocycles. The van der Waals surface area contributed by atoms with Gasteiger partial charge in [0.15, 0.2) is 0 Å².